The van der Waals surface area contributed by atoms with Gasteiger partial charge in [-0.2, -0.15) is 0 Å². The quantitative estimate of drug-likeness (QED) is 0.706. The summed E-state index contributed by atoms with van der Waals surface area (Å²) in [6.45, 7) is 9.34. The van der Waals surface area contributed by atoms with Crippen molar-refractivity contribution in [1.82, 2.24) is 5.32 Å². The van der Waals surface area contributed by atoms with E-state index in [1.807, 2.05) is 13.8 Å². The zero-order valence-corrected chi connectivity index (χ0v) is 13.4. The van der Waals surface area contributed by atoms with E-state index in [1.54, 1.807) is 11.8 Å². The summed E-state index contributed by atoms with van der Waals surface area (Å²) in [4.78, 5) is 1.23. The fraction of sp³-hybridized carbons (Fsp3) is 0.625. The molecule has 0 saturated carbocycles. The minimum Gasteiger partial charge on any atom is -0.389 e. The molecule has 0 aliphatic rings. The van der Waals surface area contributed by atoms with Crippen molar-refractivity contribution in [1.29, 1.82) is 0 Å². The van der Waals surface area contributed by atoms with Crippen LogP contribution in [0.25, 0.3) is 0 Å². The Bertz CT molecular complexity index is 379. The average molecular weight is 281 g/mol. The number of benzene rings is 1. The van der Waals surface area contributed by atoms with Crippen molar-refractivity contribution >= 4 is 11.8 Å². The first-order valence-electron chi connectivity index (χ1n) is 7.17. The smallest absolute Gasteiger partial charge is 0.0710 e. The second kappa shape index (κ2) is 7.93. The Kier molecular flexibility index (Phi) is 6.90. The molecule has 19 heavy (non-hydrogen) atoms. The van der Waals surface area contributed by atoms with Crippen molar-refractivity contribution in [3.8, 4) is 0 Å². The zero-order chi connectivity index (χ0) is 14.3. The maximum atomic E-state index is 10.0. The Balaban J connectivity index is 2.61. The molecule has 2 nitrogen and oxygen atoms in total. The van der Waals surface area contributed by atoms with Crippen molar-refractivity contribution < 1.29 is 5.11 Å². The highest BCUT2D eigenvalue weighted by Gasteiger charge is 2.17. The van der Waals surface area contributed by atoms with Crippen LogP contribution >= 0.6 is 11.8 Å². The van der Waals surface area contributed by atoms with Crippen molar-refractivity contribution in [2.75, 3.05) is 12.3 Å². The van der Waals surface area contributed by atoms with E-state index >= 15 is 0 Å². The highest BCUT2D eigenvalue weighted by Crippen LogP contribution is 2.26. The zero-order valence-electron chi connectivity index (χ0n) is 12.6. The van der Waals surface area contributed by atoms with E-state index < -0.39 is 5.60 Å². The van der Waals surface area contributed by atoms with Crippen LogP contribution < -0.4 is 5.32 Å². The lowest BCUT2D eigenvalue weighted by atomic mass is 10.1. The Morgan fingerprint density at radius 1 is 1.37 bits per heavy atom. The first kappa shape index (κ1) is 16.5. The minimum absolute atomic E-state index is 0.382. The fourth-order valence-corrected chi connectivity index (χ4v) is 2.77. The number of hydrogen-bond acceptors (Lipinski definition) is 3. The molecule has 0 fully saturated rings. The molecule has 2 atom stereocenters. The summed E-state index contributed by atoms with van der Waals surface area (Å²) in [5, 5.41) is 13.5. The Hall–Kier alpha value is -0.510. The molecule has 2 unspecified atom stereocenters. The summed E-state index contributed by atoms with van der Waals surface area (Å²) >= 11 is 1.73. The number of rotatable bonds is 8. The van der Waals surface area contributed by atoms with Gasteiger partial charge < -0.3 is 10.4 Å². The monoisotopic (exact) mass is 281 g/mol. The summed E-state index contributed by atoms with van der Waals surface area (Å²) in [7, 11) is 0. The molecule has 0 aliphatic carbocycles. The third-order valence-corrected chi connectivity index (χ3v) is 4.72. The Morgan fingerprint density at radius 3 is 2.74 bits per heavy atom. The van der Waals surface area contributed by atoms with Crippen LogP contribution in [0.2, 0.25) is 0 Å². The van der Waals surface area contributed by atoms with Crippen LogP contribution in [-0.2, 0) is 0 Å². The van der Waals surface area contributed by atoms with Crippen LogP contribution in [0.5, 0.6) is 0 Å². The molecule has 108 valence electrons. The Morgan fingerprint density at radius 2 is 2.11 bits per heavy atom. The van der Waals surface area contributed by atoms with Gasteiger partial charge in [0.2, 0.25) is 0 Å². The van der Waals surface area contributed by atoms with E-state index in [0.717, 1.165) is 25.1 Å². The van der Waals surface area contributed by atoms with E-state index in [0.29, 0.717) is 6.04 Å². The molecule has 0 amide bonds. The summed E-state index contributed by atoms with van der Waals surface area (Å²) in [6.07, 6.45) is 1.94. The van der Waals surface area contributed by atoms with Gasteiger partial charge in [-0.3, -0.25) is 0 Å². The van der Waals surface area contributed by atoms with Gasteiger partial charge in [-0.25, -0.2) is 0 Å². The third kappa shape index (κ3) is 5.98. The van der Waals surface area contributed by atoms with E-state index in [1.165, 1.54) is 10.5 Å². The molecule has 1 aromatic rings. The van der Waals surface area contributed by atoms with Crippen molar-refractivity contribution in [3.05, 3.63) is 29.8 Å². The van der Waals surface area contributed by atoms with Crippen molar-refractivity contribution in [3.63, 3.8) is 0 Å². The number of thioether (sulfide) groups is 1. The van der Waals surface area contributed by atoms with Gasteiger partial charge in [-0.1, -0.05) is 26.0 Å². The SMILES string of the molecule is CCCNC(C)c1cccc(SCC(C)(O)CC)c1. The van der Waals surface area contributed by atoms with E-state index in [9.17, 15) is 5.11 Å². The normalized spacial score (nSPS) is 16.1. The summed E-state index contributed by atoms with van der Waals surface area (Å²) in [5.74, 6) is 0.740. The number of nitrogens with one attached hydrogen (secondary N) is 1. The molecule has 1 aromatic carbocycles. The molecule has 0 saturated heterocycles. The molecular formula is C16H27NOS. The Labute approximate surface area is 122 Å². The molecule has 0 aliphatic heterocycles. The average Bonchev–Trinajstić information content (AvgIpc) is 2.43. The second-order valence-electron chi connectivity index (χ2n) is 5.39. The summed E-state index contributed by atoms with van der Waals surface area (Å²) in [6, 6.07) is 8.99. The maximum absolute atomic E-state index is 10.0. The van der Waals surface area contributed by atoms with Crippen LogP contribution in [0.15, 0.2) is 29.2 Å². The first-order valence-corrected chi connectivity index (χ1v) is 8.15. The summed E-state index contributed by atoms with van der Waals surface area (Å²) < 4.78 is 0. The predicted octanol–water partition coefficient (Wildman–Crippen LogP) is 4.00. The van der Waals surface area contributed by atoms with Gasteiger partial charge in [0.25, 0.3) is 0 Å². The highest BCUT2D eigenvalue weighted by atomic mass is 32.2. The van der Waals surface area contributed by atoms with Crippen LogP contribution in [0.1, 0.15) is 52.1 Å². The largest absolute Gasteiger partial charge is 0.389 e. The van der Waals surface area contributed by atoms with Gasteiger partial charge in [0, 0.05) is 16.7 Å². The maximum Gasteiger partial charge on any atom is 0.0710 e. The molecule has 0 bridgehead atoms. The topological polar surface area (TPSA) is 32.3 Å². The fourth-order valence-electron chi connectivity index (χ4n) is 1.69. The first-order chi connectivity index (χ1) is 8.98. The number of hydrogen-bond donors (Lipinski definition) is 2. The predicted molar refractivity (Wildman–Crippen MR) is 84.8 cm³/mol. The van der Waals surface area contributed by atoms with Crippen molar-refractivity contribution in [2.24, 2.45) is 0 Å². The van der Waals surface area contributed by atoms with E-state index in [2.05, 4.69) is 43.4 Å². The van der Waals surface area contributed by atoms with E-state index in [4.69, 9.17) is 0 Å². The third-order valence-electron chi connectivity index (χ3n) is 3.37. The molecule has 0 radical (unpaired) electrons. The van der Waals surface area contributed by atoms with Crippen LogP contribution in [0.4, 0.5) is 0 Å². The summed E-state index contributed by atoms with van der Waals surface area (Å²) in [5.41, 5.74) is 0.738. The van der Waals surface area contributed by atoms with Crippen molar-refractivity contribution in [2.45, 2.75) is 57.1 Å². The second-order valence-corrected chi connectivity index (χ2v) is 6.44. The molecular weight excluding hydrogens is 254 g/mol. The lowest BCUT2D eigenvalue weighted by molar-refractivity contribution is 0.0816. The molecule has 0 spiro atoms. The van der Waals surface area contributed by atoms with Crippen LogP contribution in [-0.4, -0.2) is 23.0 Å². The van der Waals surface area contributed by atoms with Crippen LogP contribution in [0, 0.1) is 0 Å². The molecule has 0 heterocycles. The van der Waals surface area contributed by atoms with Gasteiger partial charge >= 0.3 is 0 Å². The molecule has 2 N–H and O–H groups in total. The number of aliphatic hydroxyl groups is 1. The minimum atomic E-state index is -0.577. The molecule has 1 rings (SSSR count). The van der Waals surface area contributed by atoms with Gasteiger partial charge in [-0.15, -0.1) is 11.8 Å². The van der Waals surface area contributed by atoms with Gasteiger partial charge in [0.15, 0.2) is 0 Å². The standard InChI is InChI=1S/C16H27NOS/c1-5-10-17-13(3)14-8-7-9-15(11-14)19-12-16(4,18)6-2/h7-9,11,13,17-18H,5-6,10,12H2,1-4H3. The highest BCUT2D eigenvalue weighted by molar-refractivity contribution is 7.99. The van der Waals surface area contributed by atoms with E-state index in [-0.39, 0.29) is 0 Å². The van der Waals surface area contributed by atoms with Gasteiger partial charge in [0.1, 0.15) is 0 Å². The lowest BCUT2D eigenvalue weighted by Crippen LogP contribution is -2.25. The van der Waals surface area contributed by atoms with Crippen LogP contribution in [0.3, 0.4) is 0 Å². The van der Waals surface area contributed by atoms with Gasteiger partial charge in [0.05, 0.1) is 5.60 Å². The van der Waals surface area contributed by atoms with Gasteiger partial charge in [-0.05, 0) is 50.9 Å². The molecule has 0 aromatic heterocycles. The lowest BCUT2D eigenvalue weighted by Gasteiger charge is -2.21. The molecule has 3 heteroatoms.